The van der Waals surface area contributed by atoms with Crippen LogP contribution >= 0.6 is 0 Å². The molecule has 1 aliphatic heterocycles. The number of nitrogens with zero attached hydrogens (tertiary/aromatic N) is 1. The molecule has 1 aliphatic rings. The molecule has 0 bridgehead atoms. The van der Waals surface area contributed by atoms with Crippen molar-refractivity contribution in [1.29, 1.82) is 0 Å². The molecule has 3 amide bonds. The van der Waals surface area contributed by atoms with Crippen LogP contribution in [0.3, 0.4) is 0 Å². The monoisotopic (exact) mass is 366 g/mol. The molecular weight excluding hydrogens is 340 g/mol. The zero-order valence-electron chi connectivity index (χ0n) is 15.8. The summed E-state index contributed by atoms with van der Waals surface area (Å²) in [7, 11) is 0. The number of fused-ring (bicyclic) bond motifs is 1. The third-order valence-electron chi connectivity index (χ3n) is 4.67. The Morgan fingerprint density at radius 1 is 1.15 bits per heavy atom. The van der Waals surface area contributed by atoms with Gasteiger partial charge in [-0.05, 0) is 49.6 Å². The first kappa shape index (κ1) is 18.9. The normalized spacial score (nSPS) is 14.3. The van der Waals surface area contributed by atoms with E-state index < -0.39 is 0 Å². The van der Waals surface area contributed by atoms with Crippen molar-refractivity contribution >= 4 is 23.3 Å². The van der Waals surface area contributed by atoms with Crippen molar-refractivity contribution in [3.63, 3.8) is 0 Å². The summed E-state index contributed by atoms with van der Waals surface area (Å²) in [4.78, 5) is 26.5. The summed E-state index contributed by atoms with van der Waals surface area (Å²) in [6.07, 6.45) is 1.06. The fraction of sp³-hybridized carbons (Fsp3) is 0.333. The lowest BCUT2D eigenvalue weighted by Gasteiger charge is -2.30. The number of nitrogens with one attached hydrogen (secondary N) is 2. The van der Waals surface area contributed by atoms with E-state index in [2.05, 4.69) is 10.6 Å². The molecule has 0 saturated carbocycles. The Bertz CT molecular complexity index is 831. The van der Waals surface area contributed by atoms with Gasteiger partial charge in [-0.3, -0.25) is 4.79 Å². The van der Waals surface area contributed by atoms with Crippen LogP contribution in [-0.4, -0.2) is 29.4 Å². The minimum absolute atomic E-state index is 0.0751. The minimum Gasteiger partial charge on any atom is -0.338 e. The quantitative estimate of drug-likeness (QED) is 0.776. The summed E-state index contributed by atoms with van der Waals surface area (Å²) in [6, 6.07) is 13.0. The van der Waals surface area contributed by atoms with Gasteiger partial charge in [0.15, 0.2) is 0 Å². The average Bonchev–Trinajstić information content (AvgIpc) is 2.63. The lowest BCUT2D eigenvalue weighted by Crippen LogP contribution is -2.38. The molecule has 142 valence electrons. The van der Waals surface area contributed by atoms with E-state index in [9.17, 15) is 9.59 Å². The van der Waals surface area contributed by atoms with Gasteiger partial charge >= 0.3 is 6.03 Å². The second kappa shape index (κ2) is 8.22. The van der Waals surface area contributed by atoms with Gasteiger partial charge in [-0.15, -0.1) is 0 Å². The molecule has 6 nitrogen and oxygen atoms in total. The number of urea groups is 1. The van der Waals surface area contributed by atoms with Crippen LogP contribution in [0.2, 0.25) is 0 Å². The summed E-state index contributed by atoms with van der Waals surface area (Å²) in [5.41, 5.74) is 10.6. The SMILES string of the molecule is Cc1ccc(NC(=O)Nc2cccc3c2CCN(C(=O)CC(C)N)C3)cc1. The number of hydrogen-bond acceptors (Lipinski definition) is 3. The van der Waals surface area contributed by atoms with E-state index in [4.69, 9.17) is 5.73 Å². The third-order valence-corrected chi connectivity index (χ3v) is 4.67. The standard InChI is InChI=1S/C21H26N4O2/c1-14-6-8-17(9-7-14)23-21(27)24-19-5-3-4-16-13-25(11-10-18(16)19)20(26)12-15(2)22/h3-9,15H,10-13,22H2,1-2H3,(H2,23,24,27). The van der Waals surface area contributed by atoms with Crippen LogP contribution in [0, 0.1) is 6.92 Å². The highest BCUT2D eigenvalue weighted by Crippen LogP contribution is 2.27. The number of nitrogens with two attached hydrogens (primary N) is 1. The molecule has 0 aromatic heterocycles. The third kappa shape index (κ3) is 4.86. The first-order chi connectivity index (χ1) is 12.9. The van der Waals surface area contributed by atoms with E-state index in [-0.39, 0.29) is 18.0 Å². The molecular formula is C21H26N4O2. The minimum atomic E-state index is -0.275. The van der Waals surface area contributed by atoms with Crippen LogP contribution in [0.5, 0.6) is 0 Å². The molecule has 3 rings (SSSR count). The second-order valence-corrected chi connectivity index (χ2v) is 7.14. The first-order valence-electron chi connectivity index (χ1n) is 9.21. The fourth-order valence-electron chi connectivity index (χ4n) is 3.27. The number of rotatable bonds is 4. The maximum absolute atomic E-state index is 12.3. The average molecular weight is 366 g/mol. The first-order valence-corrected chi connectivity index (χ1v) is 9.21. The van der Waals surface area contributed by atoms with Crippen molar-refractivity contribution in [3.05, 3.63) is 59.2 Å². The molecule has 1 unspecified atom stereocenters. The number of amides is 3. The Labute approximate surface area is 159 Å². The van der Waals surface area contributed by atoms with Crippen molar-refractivity contribution in [2.45, 2.75) is 39.3 Å². The summed E-state index contributed by atoms with van der Waals surface area (Å²) in [6.45, 7) is 5.03. The number of anilines is 2. The van der Waals surface area contributed by atoms with E-state index in [1.807, 2.05) is 61.2 Å². The molecule has 1 heterocycles. The van der Waals surface area contributed by atoms with Crippen LogP contribution in [0.25, 0.3) is 0 Å². The van der Waals surface area contributed by atoms with E-state index in [1.165, 1.54) is 0 Å². The highest BCUT2D eigenvalue weighted by Gasteiger charge is 2.23. The lowest BCUT2D eigenvalue weighted by molar-refractivity contribution is -0.132. The molecule has 1 atom stereocenters. The van der Waals surface area contributed by atoms with Crippen molar-refractivity contribution in [3.8, 4) is 0 Å². The van der Waals surface area contributed by atoms with Gasteiger partial charge in [0.25, 0.3) is 0 Å². The summed E-state index contributed by atoms with van der Waals surface area (Å²) < 4.78 is 0. The highest BCUT2D eigenvalue weighted by molar-refractivity contribution is 6.00. The summed E-state index contributed by atoms with van der Waals surface area (Å²) in [5.74, 6) is 0.0751. The summed E-state index contributed by atoms with van der Waals surface area (Å²) >= 11 is 0. The topological polar surface area (TPSA) is 87.5 Å². The zero-order chi connectivity index (χ0) is 19.4. The predicted molar refractivity (Wildman–Crippen MR) is 108 cm³/mol. The van der Waals surface area contributed by atoms with Gasteiger partial charge in [0.05, 0.1) is 0 Å². The largest absolute Gasteiger partial charge is 0.338 e. The maximum Gasteiger partial charge on any atom is 0.323 e. The molecule has 2 aromatic rings. The van der Waals surface area contributed by atoms with Gasteiger partial charge < -0.3 is 21.3 Å². The number of carbonyl (C=O) groups is 2. The van der Waals surface area contributed by atoms with Gasteiger partial charge in [-0.1, -0.05) is 29.8 Å². The van der Waals surface area contributed by atoms with Crippen LogP contribution in [0.1, 0.15) is 30.0 Å². The Morgan fingerprint density at radius 3 is 2.59 bits per heavy atom. The Kier molecular flexibility index (Phi) is 5.76. The van der Waals surface area contributed by atoms with E-state index in [1.54, 1.807) is 0 Å². The molecule has 2 aromatic carbocycles. The van der Waals surface area contributed by atoms with Crippen LogP contribution < -0.4 is 16.4 Å². The number of hydrogen-bond donors (Lipinski definition) is 3. The van der Waals surface area contributed by atoms with Crippen molar-refractivity contribution in [2.75, 3.05) is 17.2 Å². The van der Waals surface area contributed by atoms with E-state index in [0.717, 1.165) is 28.1 Å². The van der Waals surface area contributed by atoms with Gasteiger partial charge in [0, 0.05) is 36.9 Å². The van der Waals surface area contributed by atoms with Gasteiger partial charge in [-0.2, -0.15) is 0 Å². The number of carbonyl (C=O) groups excluding carboxylic acids is 2. The lowest BCUT2D eigenvalue weighted by atomic mass is 9.97. The van der Waals surface area contributed by atoms with Gasteiger partial charge in [-0.25, -0.2) is 4.79 Å². The van der Waals surface area contributed by atoms with Crippen molar-refractivity contribution in [1.82, 2.24) is 4.90 Å². The molecule has 4 N–H and O–H groups in total. The Hall–Kier alpha value is -2.86. The molecule has 0 radical (unpaired) electrons. The Balaban J connectivity index is 1.67. The highest BCUT2D eigenvalue weighted by atomic mass is 16.2. The van der Waals surface area contributed by atoms with Crippen LogP contribution in [0.4, 0.5) is 16.2 Å². The van der Waals surface area contributed by atoms with Crippen LogP contribution in [-0.2, 0) is 17.8 Å². The maximum atomic E-state index is 12.3. The predicted octanol–water partition coefficient (Wildman–Crippen LogP) is 3.26. The molecule has 6 heteroatoms. The number of benzene rings is 2. The smallest absolute Gasteiger partial charge is 0.323 e. The molecule has 27 heavy (non-hydrogen) atoms. The molecule has 0 spiro atoms. The molecule has 0 fully saturated rings. The Morgan fingerprint density at radius 2 is 1.89 bits per heavy atom. The number of aryl methyl sites for hydroxylation is 1. The zero-order valence-corrected chi connectivity index (χ0v) is 15.8. The van der Waals surface area contributed by atoms with Gasteiger partial charge in [0.2, 0.25) is 5.91 Å². The van der Waals surface area contributed by atoms with Gasteiger partial charge in [0.1, 0.15) is 0 Å². The second-order valence-electron chi connectivity index (χ2n) is 7.14. The van der Waals surface area contributed by atoms with Crippen molar-refractivity contribution in [2.24, 2.45) is 5.73 Å². The fourth-order valence-corrected chi connectivity index (χ4v) is 3.27. The molecule has 0 aliphatic carbocycles. The van der Waals surface area contributed by atoms with Crippen LogP contribution in [0.15, 0.2) is 42.5 Å². The van der Waals surface area contributed by atoms with E-state index >= 15 is 0 Å². The summed E-state index contributed by atoms with van der Waals surface area (Å²) in [5, 5.41) is 5.78. The van der Waals surface area contributed by atoms with Crippen molar-refractivity contribution < 1.29 is 9.59 Å². The molecule has 0 saturated heterocycles. The van der Waals surface area contributed by atoms with E-state index in [0.29, 0.717) is 25.9 Å².